The third-order valence-electron chi connectivity index (χ3n) is 5.91. The first-order valence-electron chi connectivity index (χ1n) is 11.0. The number of amides is 1. The van der Waals surface area contributed by atoms with Crippen LogP contribution in [0.3, 0.4) is 0 Å². The Hall–Kier alpha value is -4.11. The number of fused-ring (bicyclic) bond motifs is 1. The summed E-state index contributed by atoms with van der Waals surface area (Å²) >= 11 is 0. The molecule has 2 aromatic heterocycles. The number of methoxy groups -OCH3 is 1. The van der Waals surface area contributed by atoms with Gasteiger partial charge < -0.3 is 19.7 Å². The van der Waals surface area contributed by atoms with Crippen LogP contribution in [-0.2, 0) is 4.74 Å². The normalized spacial score (nSPS) is 13.8. The fourth-order valence-corrected chi connectivity index (χ4v) is 4.17. The van der Waals surface area contributed by atoms with Gasteiger partial charge >= 0.3 is 5.69 Å². The van der Waals surface area contributed by atoms with Gasteiger partial charge in [-0.3, -0.25) is 9.36 Å². The number of hydrogen-bond donors (Lipinski definition) is 1. The number of ether oxygens (including phenoxy) is 2. The Bertz CT molecular complexity index is 1400. The number of anilines is 2. The van der Waals surface area contributed by atoms with E-state index in [2.05, 4.69) is 15.2 Å². The zero-order valence-electron chi connectivity index (χ0n) is 19.0. The number of aryl methyl sites for hydroxylation is 1. The maximum absolute atomic E-state index is 13.4. The van der Waals surface area contributed by atoms with Crippen LogP contribution in [-0.4, -0.2) is 53.3 Å². The van der Waals surface area contributed by atoms with Gasteiger partial charge in [0.1, 0.15) is 17.1 Å². The van der Waals surface area contributed by atoms with Crippen molar-refractivity contribution in [2.75, 3.05) is 43.6 Å². The van der Waals surface area contributed by atoms with Gasteiger partial charge in [-0.25, -0.2) is 14.2 Å². The Morgan fingerprint density at radius 1 is 1.09 bits per heavy atom. The third-order valence-corrected chi connectivity index (χ3v) is 5.91. The largest absolute Gasteiger partial charge is 0.495 e. The van der Waals surface area contributed by atoms with E-state index in [4.69, 9.17) is 9.47 Å². The quantitative estimate of drug-likeness (QED) is 0.494. The third kappa shape index (κ3) is 3.90. The highest BCUT2D eigenvalue weighted by molar-refractivity contribution is 6.03. The van der Waals surface area contributed by atoms with Crippen LogP contribution in [0.5, 0.6) is 5.75 Å². The van der Waals surface area contributed by atoms with Crippen LogP contribution in [0.1, 0.15) is 16.1 Å². The fourth-order valence-electron chi connectivity index (χ4n) is 4.17. The van der Waals surface area contributed by atoms with Crippen molar-refractivity contribution in [3.05, 3.63) is 82.7 Å². The summed E-state index contributed by atoms with van der Waals surface area (Å²) in [6.45, 7) is 4.94. The highest BCUT2D eigenvalue weighted by Crippen LogP contribution is 2.23. The summed E-state index contributed by atoms with van der Waals surface area (Å²) in [5, 5.41) is 2.88. The highest BCUT2D eigenvalue weighted by atomic mass is 16.5. The topological polar surface area (TPSA) is 90.1 Å². The van der Waals surface area contributed by atoms with Gasteiger partial charge in [0.25, 0.3) is 5.91 Å². The molecule has 34 heavy (non-hydrogen) atoms. The van der Waals surface area contributed by atoms with E-state index in [0.717, 1.165) is 24.3 Å². The molecule has 9 heteroatoms. The summed E-state index contributed by atoms with van der Waals surface area (Å²) in [5.74, 6) is 0.135. The van der Waals surface area contributed by atoms with Gasteiger partial charge in [-0.05, 0) is 43.3 Å². The lowest BCUT2D eigenvalue weighted by molar-refractivity contribution is 0.102. The van der Waals surface area contributed by atoms with E-state index in [1.54, 1.807) is 25.4 Å². The minimum atomic E-state index is -0.416. The van der Waals surface area contributed by atoms with Crippen molar-refractivity contribution >= 4 is 22.9 Å². The predicted molar refractivity (Wildman–Crippen MR) is 130 cm³/mol. The monoisotopic (exact) mass is 459 g/mol. The van der Waals surface area contributed by atoms with Crippen molar-refractivity contribution in [1.29, 1.82) is 0 Å². The van der Waals surface area contributed by atoms with E-state index in [0.29, 0.717) is 36.0 Å². The molecule has 1 aliphatic rings. The number of benzene rings is 2. The first kappa shape index (κ1) is 21.7. The molecule has 1 saturated heterocycles. The molecular weight excluding hydrogens is 434 g/mol. The summed E-state index contributed by atoms with van der Waals surface area (Å²) < 4.78 is 13.6. The molecule has 174 valence electrons. The second kappa shape index (κ2) is 9.03. The summed E-state index contributed by atoms with van der Waals surface area (Å²) in [6.07, 6.45) is 3.13. The van der Waals surface area contributed by atoms with Gasteiger partial charge in [-0.1, -0.05) is 12.1 Å². The first-order valence-corrected chi connectivity index (χ1v) is 11.0. The lowest BCUT2D eigenvalue weighted by atomic mass is 10.2. The van der Waals surface area contributed by atoms with Crippen molar-refractivity contribution in [1.82, 2.24) is 14.0 Å². The summed E-state index contributed by atoms with van der Waals surface area (Å²) in [7, 11) is 1.55. The highest BCUT2D eigenvalue weighted by Gasteiger charge is 2.19. The SMILES string of the molecule is COc1ccccc1-n1cc(C)c2ncc(C(=O)Nc3ccc(N4CCOCC4)cc3)n2c1=O. The van der Waals surface area contributed by atoms with E-state index < -0.39 is 11.6 Å². The second-order valence-corrected chi connectivity index (χ2v) is 8.04. The summed E-state index contributed by atoms with van der Waals surface area (Å²) in [5.41, 5.74) is 3.23. The van der Waals surface area contributed by atoms with Crippen LogP contribution in [0.2, 0.25) is 0 Å². The molecule has 0 aliphatic carbocycles. The van der Waals surface area contributed by atoms with E-state index in [9.17, 15) is 9.59 Å². The molecule has 0 saturated carbocycles. The molecule has 0 spiro atoms. The molecule has 1 aliphatic heterocycles. The van der Waals surface area contributed by atoms with Crippen molar-refractivity contribution in [3.63, 3.8) is 0 Å². The van der Waals surface area contributed by atoms with Gasteiger partial charge in [0, 0.05) is 36.2 Å². The Kier molecular flexibility index (Phi) is 5.77. The maximum Gasteiger partial charge on any atom is 0.339 e. The van der Waals surface area contributed by atoms with Crippen molar-refractivity contribution in [2.45, 2.75) is 6.92 Å². The molecule has 0 bridgehead atoms. The summed E-state index contributed by atoms with van der Waals surface area (Å²) in [4.78, 5) is 33.2. The first-order chi connectivity index (χ1) is 16.6. The van der Waals surface area contributed by atoms with Crippen LogP contribution < -0.4 is 20.6 Å². The molecular formula is C25H25N5O4. The van der Waals surface area contributed by atoms with Gasteiger partial charge in [0.2, 0.25) is 0 Å². The Morgan fingerprint density at radius 3 is 2.56 bits per heavy atom. The van der Waals surface area contributed by atoms with E-state index in [-0.39, 0.29) is 5.69 Å². The predicted octanol–water partition coefficient (Wildman–Crippen LogP) is 2.89. The minimum Gasteiger partial charge on any atom is -0.495 e. The molecule has 2 aromatic carbocycles. The van der Waals surface area contributed by atoms with Gasteiger partial charge in [0.05, 0.1) is 32.2 Å². The number of nitrogens with one attached hydrogen (secondary N) is 1. The zero-order chi connectivity index (χ0) is 23.7. The zero-order valence-corrected chi connectivity index (χ0v) is 19.0. The average Bonchev–Trinajstić information content (AvgIpc) is 3.34. The number of rotatable bonds is 5. The second-order valence-electron chi connectivity index (χ2n) is 8.04. The van der Waals surface area contributed by atoms with Crippen molar-refractivity contribution < 1.29 is 14.3 Å². The smallest absolute Gasteiger partial charge is 0.339 e. The van der Waals surface area contributed by atoms with E-state index in [1.807, 2.05) is 43.3 Å². The number of morpholine rings is 1. The van der Waals surface area contributed by atoms with Crippen LogP contribution in [0.4, 0.5) is 11.4 Å². The molecule has 0 radical (unpaired) electrons. The molecule has 5 rings (SSSR count). The van der Waals surface area contributed by atoms with Gasteiger partial charge in [-0.2, -0.15) is 0 Å². The minimum absolute atomic E-state index is 0.157. The van der Waals surface area contributed by atoms with Crippen LogP contribution >= 0.6 is 0 Å². The standard InChI is InChI=1S/C25H25N5O4/c1-17-16-29(20-5-3-4-6-22(20)33-2)25(32)30-21(15-26-23(17)30)24(31)27-18-7-9-19(10-8-18)28-11-13-34-14-12-28/h3-10,15-16H,11-14H2,1-2H3,(H,27,31). The average molecular weight is 460 g/mol. The fraction of sp³-hybridized carbons (Fsp3) is 0.240. The number of nitrogens with zero attached hydrogens (tertiary/aromatic N) is 4. The maximum atomic E-state index is 13.4. The van der Waals surface area contributed by atoms with E-state index >= 15 is 0 Å². The Labute approximate surface area is 196 Å². The lowest BCUT2D eigenvalue weighted by Gasteiger charge is -2.28. The van der Waals surface area contributed by atoms with Gasteiger partial charge in [0.15, 0.2) is 0 Å². The molecule has 9 nitrogen and oxygen atoms in total. The van der Waals surface area contributed by atoms with E-state index in [1.165, 1.54) is 15.2 Å². The number of imidazole rings is 1. The molecule has 0 unspecified atom stereocenters. The molecule has 1 N–H and O–H groups in total. The molecule has 0 atom stereocenters. The van der Waals surface area contributed by atoms with Crippen LogP contribution in [0, 0.1) is 6.92 Å². The molecule has 3 heterocycles. The molecule has 4 aromatic rings. The van der Waals surface area contributed by atoms with Crippen LogP contribution in [0.25, 0.3) is 11.3 Å². The lowest BCUT2D eigenvalue weighted by Crippen LogP contribution is -2.36. The Balaban J connectivity index is 1.47. The van der Waals surface area contributed by atoms with Crippen molar-refractivity contribution in [2.24, 2.45) is 0 Å². The number of carbonyl (C=O) groups is 1. The molecule has 1 fully saturated rings. The number of aromatic nitrogens is 3. The summed E-state index contributed by atoms with van der Waals surface area (Å²) in [6, 6.07) is 14.9. The van der Waals surface area contributed by atoms with Gasteiger partial charge in [-0.15, -0.1) is 0 Å². The number of carbonyl (C=O) groups excluding carboxylic acids is 1. The number of hydrogen-bond acceptors (Lipinski definition) is 6. The number of para-hydroxylation sites is 2. The van der Waals surface area contributed by atoms with Crippen molar-refractivity contribution in [3.8, 4) is 11.4 Å². The van der Waals surface area contributed by atoms with Crippen LogP contribution in [0.15, 0.2) is 65.7 Å². The Morgan fingerprint density at radius 2 is 1.82 bits per heavy atom. The molecule has 1 amide bonds.